The Bertz CT molecular complexity index is 396. The lowest BCUT2D eigenvalue weighted by atomic mass is 9.83. The second-order valence-corrected chi connectivity index (χ2v) is 8.48. The summed E-state index contributed by atoms with van der Waals surface area (Å²) < 4.78 is 0. The molecule has 20 heavy (non-hydrogen) atoms. The Morgan fingerprint density at radius 2 is 1.90 bits per heavy atom. The van der Waals surface area contributed by atoms with Crippen molar-refractivity contribution in [2.24, 2.45) is 5.92 Å². The summed E-state index contributed by atoms with van der Waals surface area (Å²) in [5, 5.41) is 3.83. The topological polar surface area (TPSA) is 12.0 Å². The highest BCUT2D eigenvalue weighted by atomic mass is 32.1. The highest BCUT2D eigenvalue weighted by Crippen LogP contribution is 2.30. The van der Waals surface area contributed by atoms with Gasteiger partial charge in [-0.15, -0.1) is 11.3 Å². The molecule has 114 valence electrons. The lowest BCUT2D eigenvalue weighted by molar-refractivity contribution is 0.262. The first-order valence-corrected chi connectivity index (χ1v) is 9.15. The molecule has 1 aromatic rings. The highest BCUT2D eigenvalue weighted by Gasteiger charge is 2.22. The van der Waals surface area contributed by atoms with Gasteiger partial charge < -0.3 is 5.32 Å². The van der Waals surface area contributed by atoms with Gasteiger partial charge in [0.15, 0.2) is 0 Å². The molecule has 1 aromatic heterocycles. The Balaban J connectivity index is 1.88. The quantitative estimate of drug-likeness (QED) is 0.756. The fourth-order valence-electron chi connectivity index (χ4n) is 3.29. The molecule has 1 heterocycles. The molecule has 0 bridgehead atoms. The Labute approximate surface area is 129 Å². The maximum Gasteiger partial charge on any atom is 0.0302 e. The monoisotopic (exact) mass is 293 g/mol. The first kappa shape index (κ1) is 16.0. The van der Waals surface area contributed by atoms with E-state index in [4.69, 9.17) is 0 Å². The van der Waals surface area contributed by atoms with Gasteiger partial charge in [-0.25, -0.2) is 0 Å². The number of rotatable bonds is 5. The average molecular weight is 294 g/mol. The van der Waals surface area contributed by atoms with Crippen molar-refractivity contribution < 1.29 is 0 Å². The first-order chi connectivity index (χ1) is 9.50. The summed E-state index contributed by atoms with van der Waals surface area (Å²) in [5.74, 6) is 0.913. The first-order valence-electron chi connectivity index (χ1n) is 8.33. The molecule has 1 aliphatic rings. The number of thiophene rings is 1. The Hall–Kier alpha value is -0.340. The maximum absolute atomic E-state index is 3.83. The zero-order valence-corrected chi connectivity index (χ0v) is 14.5. The van der Waals surface area contributed by atoms with Gasteiger partial charge in [0.1, 0.15) is 0 Å². The van der Waals surface area contributed by atoms with E-state index < -0.39 is 0 Å². The van der Waals surface area contributed by atoms with Crippen molar-refractivity contribution in [2.45, 2.75) is 84.2 Å². The third-order valence-corrected chi connectivity index (χ3v) is 6.11. The van der Waals surface area contributed by atoms with Crippen LogP contribution in [0.3, 0.4) is 0 Å². The van der Waals surface area contributed by atoms with Gasteiger partial charge in [0.2, 0.25) is 0 Å². The summed E-state index contributed by atoms with van der Waals surface area (Å²) in [4.78, 5) is 2.99. The molecule has 0 spiro atoms. The van der Waals surface area contributed by atoms with Crippen molar-refractivity contribution in [3.05, 3.63) is 21.9 Å². The molecule has 2 rings (SSSR count). The Kier molecular flexibility index (Phi) is 5.68. The van der Waals surface area contributed by atoms with E-state index in [0.717, 1.165) is 18.5 Å². The van der Waals surface area contributed by atoms with E-state index in [-0.39, 0.29) is 5.41 Å². The van der Waals surface area contributed by atoms with Crippen LogP contribution < -0.4 is 5.32 Å². The molecule has 1 nitrogen and oxygen atoms in total. The van der Waals surface area contributed by atoms with E-state index in [1.54, 1.807) is 0 Å². The van der Waals surface area contributed by atoms with Gasteiger partial charge in [-0.1, -0.05) is 47.0 Å². The van der Waals surface area contributed by atoms with E-state index >= 15 is 0 Å². The van der Waals surface area contributed by atoms with E-state index in [9.17, 15) is 0 Å². The molecule has 0 radical (unpaired) electrons. The smallest absolute Gasteiger partial charge is 0.0302 e. The van der Waals surface area contributed by atoms with Gasteiger partial charge in [0, 0.05) is 22.3 Å². The van der Waals surface area contributed by atoms with E-state index in [1.807, 2.05) is 11.3 Å². The van der Waals surface area contributed by atoms with Crippen LogP contribution in [0.1, 0.15) is 76.0 Å². The van der Waals surface area contributed by atoms with Crippen LogP contribution >= 0.6 is 11.3 Å². The highest BCUT2D eigenvalue weighted by molar-refractivity contribution is 7.12. The summed E-state index contributed by atoms with van der Waals surface area (Å²) in [6, 6.07) is 5.34. The standard InChI is InChI=1S/C18H31NS/c1-5-16(14-9-7-6-8-10-14)19-13-15-11-12-17(20-15)18(2,3)4/h11-12,14,16,19H,5-10,13H2,1-4H3. The van der Waals surface area contributed by atoms with Crippen LogP contribution in [0.25, 0.3) is 0 Å². The molecule has 1 fully saturated rings. The van der Waals surface area contributed by atoms with Crippen molar-refractivity contribution in [3.63, 3.8) is 0 Å². The summed E-state index contributed by atoms with van der Waals surface area (Å²) in [6.07, 6.45) is 8.47. The van der Waals surface area contributed by atoms with E-state index in [0.29, 0.717) is 0 Å². The molecule has 2 heteroatoms. The number of nitrogens with one attached hydrogen (secondary N) is 1. The summed E-state index contributed by atoms with van der Waals surface area (Å²) in [7, 11) is 0. The Morgan fingerprint density at radius 1 is 1.20 bits per heavy atom. The SMILES string of the molecule is CCC(NCc1ccc(C(C)(C)C)s1)C1CCCCC1. The number of hydrogen-bond acceptors (Lipinski definition) is 2. The van der Waals surface area contributed by atoms with Crippen LogP contribution in [-0.2, 0) is 12.0 Å². The van der Waals surface area contributed by atoms with Crippen LogP contribution in [0.2, 0.25) is 0 Å². The van der Waals surface area contributed by atoms with Crippen LogP contribution in [-0.4, -0.2) is 6.04 Å². The Morgan fingerprint density at radius 3 is 2.45 bits per heavy atom. The van der Waals surface area contributed by atoms with Gasteiger partial charge >= 0.3 is 0 Å². The predicted molar refractivity (Wildman–Crippen MR) is 90.5 cm³/mol. The van der Waals surface area contributed by atoms with Gasteiger partial charge in [-0.05, 0) is 42.7 Å². The molecular weight excluding hydrogens is 262 g/mol. The molecule has 1 N–H and O–H groups in total. The van der Waals surface area contributed by atoms with Crippen LogP contribution in [0, 0.1) is 5.92 Å². The molecule has 0 amide bonds. The fourth-order valence-corrected chi connectivity index (χ4v) is 4.30. The predicted octanol–water partition coefficient (Wildman–Crippen LogP) is 5.49. The minimum absolute atomic E-state index is 0.288. The third-order valence-electron chi connectivity index (χ3n) is 4.60. The molecule has 1 saturated carbocycles. The normalized spacial score (nSPS) is 19.2. The second kappa shape index (κ2) is 7.09. The van der Waals surface area contributed by atoms with Gasteiger partial charge in [0.05, 0.1) is 0 Å². The average Bonchev–Trinajstić information content (AvgIpc) is 2.89. The van der Waals surface area contributed by atoms with Crippen LogP contribution in [0.5, 0.6) is 0 Å². The molecule has 0 saturated heterocycles. The van der Waals surface area contributed by atoms with Gasteiger partial charge in [0.25, 0.3) is 0 Å². The zero-order chi connectivity index (χ0) is 14.6. The van der Waals surface area contributed by atoms with E-state index in [1.165, 1.54) is 48.3 Å². The molecule has 1 aliphatic carbocycles. The third kappa shape index (κ3) is 4.33. The van der Waals surface area contributed by atoms with Crippen molar-refractivity contribution in [3.8, 4) is 0 Å². The van der Waals surface area contributed by atoms with Crippen LogP contribution in [0.4, 0.5) is 0 Å². The zero-order valence-electron chi connectivity index (χ0n) is 13.7. The summed E-state index contributed by atoms with van der Waals surface area (Å²) >= 11 is 1.98. The lowest BCUT2D eigenvalue weighted by Gasteiger charge is -2.30. The second-order valence-electron chi connectivity index (χ2n) is 7.31. The summed E-state index contributed by atoms with van der Waals surface area (Å²) in [6.45, 7) is 10.3. The molecule has 1 unspecified atom stereocenters. The molecule has 0 aromatic carbocycles. The number of hydrogen-bond donors (Lipinski definition) is 1. The van der Waals surface area contributed by atoms with Crippen molar-refractivity contribution in [1.29, 1.82) is 0 Å². The minimum atomic E-state index is 0.288. The lowest BCUT2D eigenvalue weighted by Crippen LogP contribution is -2.36. The fraction of sp³-hybridized carbons (Fsp3) is 0.778. The molecule has 0 aliphatic heterocycles. The van der Waals surface area contributed by atoms with Crippen molar-refractivity contribution in [1.82, 2.24) is 5.32 Å². The van der Waals surface area contributed by atoms with Gasteiger partial charge in [-0.2, -0.15) is 0 Å². The largest absolute Gasteiger partial charge is 0.309 e. The van der Waals surface area contributed by atoms with Crippen molar-refractivity contribution in [2.75, 3.05) is 0 Å². The minimum Gasteiger partial charge on any atom is -0.309 e. The van der Waals surface area contributed by atoms with E-state index in [2.05, 4.69) is 45.1 Å². The van der Waals surface area contributed by atoms with Gasteiger partial charge in [-0.3, -0.25) is 0 Å². The summed E-state index contributed by atoms with van der Waals surface area (Å²) in [5.41, 5.74) is 0.288. The molecular formula is C18H31NS. The molecule has 1 atom stereocenters. The van der Waals surface area contributed by atoms with Crippen molar-refractivity contribution >= 4 is 11.3 Å². The van der Waals surface area contributed by atoms with Crippen LogP contribution in [0.15, 0.2) is 12.1 Å². The maximum atomic E-state index is 3.83.